The van der Waals surface area contributed by atoms with Crippen molar-refractivity contribution in [1.29, 1.82) is 0 Å². The first kappa shape index (κ1) is 24.9. The van der Waals surface area contributed by atoms with Gasteiger partial charge in [0, 0.05) is 32.7 Å². The highest BCUT2D eigenvalue weighted by molar-refractivity contribution is 14.0. The van der Waals surface area contributed by atoms with Crippen LogP contribution in [-0.4, -0.2) is 37.7 Å². The lowest BCUT2D eigenvalue weighted by Crippen LogP contribution is -2.48. The fourth-order valence-electron chi connectivity index (χ4n) is 3.40. The van der Waals surface area contributed by atoms with E-state index in [4.69, 9.17) is 4.74 Å². The molecule has 1 aliphatic heterocycles. The van der Waals surface area contributed by atoms with Crippen molar-refractivity contribution in [2.75, 3.05) is 25.0 Å². The highest BCUT2D eigenvalue weighted by Gasteiger charge is 2.20. The summed E-state index contributed by atoms with van der Waals surface area (Å²) in [7, 11) is 1.84. The Bertz CT molecular complexity index is 781. The van der Waals surface area contributed by atoms with Crippen LogP contribution >= 0.6 is 35.3 Å². The van der Waals surface area contributed by atoms with Gasteiger partial charge in [-0.25, -0.2) is 0 Å². The fraction of sp³-hybridized carbons (Fsp3) is 0.522. The molecule has 0 radical (unpaired) electrons. The zero-order valence-corrected chi connectivity index (χ0v) is 21.6. The van der Waals surface area contributed by atoms with Gasteiger partial charge in [0.1, 0.15) is 0 Å². The van der Waals surface area contributed by atoms with Gasteiger partial charge in [-0.15, -0.1) is 35.3 Å². The molecule has 3 rings (SSSR count). The van der Waals surface area contributed by atoms with Crippen LogP contribution in [0.1, 0.15) is 44.7 Å². The predicted octanol–water partition coefficient (Wildman–Crippen LogP) is 5.02. The van der Waals surface area contributed by atoms with Crippen LogP contribution in [0.2, 0.25) is 0 Å². The van der Waals surface area contributed by atoms with Gasteiger partial charge in [-0.2, -0.15) is 0 Å². The molecule has 0 atom stereocenters. The second-order valence-electron chi connectivity index (χ2n) is 8.50. The van der Waals surface area contributed by atoms with Gasteiger partial charge < -0.3 is 20.3 Å². The third-order valence-electron chi connectivity index (χ3n) is 5.00. The lowest BCUT2D eigenvalue weighted by atomic mass is 10.1. The zero-order valence-electron chi connectivity index (χ0n) is 18.5. The van der Waals surface area contributed by atoms with Crippen LogP contribution in [0.15, 0.2) is 46.8 Å². The Labute approximate surface area is 202 Å². The molecule has 0 unspecified atom stereocenters. The average molecular weight is 543 g/mol. The van der Waals surface area contributed by atoms with Gasteiger partial charge >= 0.3 is 0 Å². The van der Waals surface area contributed by atoms with E-state index in [0.29, 0.717) is 12.6 Å². The quantitative estimate of drug-likeness (QED) is 0.306. The van der Waals surface area contributed by atoms with Crippen LogP contribution in [0, 0.1) is 0 Å². The summed E-state index contributed by atoms with van der Waals surface area (Å²) >= 11 is 1.82. The van der Waals surface area contributed by atoms with Crippen molar-refractivity contribution < 1.29 is 4.74 Å². The van der Waals surface area contributed by atoms with Gasteiger partial charge in [-0.1, -0.05) is 24.3 Å². The highest BCUT2D eigenvalue weighted by atomic mass is 127. The number of halogens is 1. The van der Waals surface area contributed by atoms with Crippen molar-refractivity contribution in [2.24, 2.45) is 4.99 Å². The molecule has 5 nitrogen and oxygen atoms in total. The van der Waals surface area contributed by atoms with Crippen LogP contribution in [0.25, 0.3) is 0 Å². The number of nitrogens with one attached hydrogen (secondary N) is 2. The van der Waals surface area contributed by atoms with E-state index in [-0.39, 0.29) is 29.6 Å². The molecule has 2 N–H and O–H groups in total. The summed E-state index contributed by atoms with van der Waals surface area (Å²) < 4.78 is 5.89. The molecule has 1 saturated heterocycles. The molecule has 1 fully saturated rings. The topological polar surface area (TPSA) is 48.9 Å². The summed E-state index contributed by atoms with van der Waals surface area (Å²) in [6, 6.07) is 13.3. The summed E-state index contributed by atoms with van der Waals surface area (Å²) in [5.41, 5.74) is 2.30. The minimum atomic E-state index is -0.126. The minimum absolute atomic E-state index is 0. The number of hydrogen-bond acceptors (Lipinski definition) is 4. The summed E-state index contributed by atoms with van der Waals surface area (Å²) in [5.74, 6) is 0.871. The molecule has 0 spiro atoms. The van der Waals surface area contributed by atoms with Gasteiger partial charge in [-0.3, -0.25) is 4.99 Å². The third kappa shape index (κ3) is 8.07. The summed E-state index contributed by atoms with van der Waals surface area (Å²) in [4.78, 5) is 6.89. The van der Waals surface area contributed by atoms with E-state index in [1.807, 2.05) is 18.4 Å². The van der Waals surface area contributed by atoms with E-state index in [1.54, 1.807) is 0 Å². The number of piperidine rings is 1. The number of thiophene rings is 1. The van der Waals surface area contributed by atoms with Crippen LogP contribution < -0.4 is 15.5 Å². The SMILES string of the molecule is CN=C(NCc1cccc(COC(C)(C)C)c1)NC1CCN(c2cccs2)CC1.I. The predicted molar refractivity (Wildman–Crippen MR) is 139 cm³/mol. The standard InChI is InChI=1S/C23H34N4OS.HI/c1-23(2,3)28-17-19-8-5-7-18(15-19)16-25-22(24-4)26-20-10-12-27(13-11-20)21-9-6-14-29-21;/h5-9,14-15,20H,10-13,16-17H2,1-4H3,(H2,24,25,26);1H. The first-order chi connectivity index (χ1) is 13.9. The maximum Gasteiger partial charge on any atom is 0.191 e. The highest BCUT2D eigenvalue weighted by Crippen LogP contribution is 2.24. The van der Waals surface area contributed by atoms with Crippen molar-refractivity contribution >= 4 is 46.3 Å². The minimum Gasteiger partial charge on any atom is -0.371 e. The van der Waals surface area contributed by atoms with Gasteiger partial charge in [0.2, 0.25) is 0 Å². The van der Waals surface area contributed by atoms with E-state index < -0.39 is 0 Å². The molecule has 0 bridgehead atoms. The molecular formula is C23H35IN4OS. The van der Waals surface area contributed by atoms with Crippen molar-refractivity contribution in [3.8, 4) is 0 Å². The molecule has 2 aromatic rings. The molecule has 1 aromatic carbocycles. The molecule has 0 saturated carbocycles. The number of hydrogen-bond donors (Lipinski definition) is 2. The Morgan fingerprint density at radius 3 is 2.53 bits per heavy atom. The van der Waals surface area contributed by atoms with Gasteiger partial charge in [0.25, 0.3) is 0 Å². The van der Waals surface area contributed by atoms with E-state index >= 15 is 0 Å². The molecule has 7 heteroatoms. The molecule has 0 amide bonds. The third-order valence-corrected chi connectivity index (χ3v) is 5.93. The number of benzene rings is 1. The average Bonchev–Trinajstić information content (AvgIpc) is 3.25. The normalized spacial score (nSPS) is 15.6. The van der Waals surface area contributed by atoms with E-state index in [1.165, 1.54) is 16.1 Å². The van der Waals surface area contributed by atoms with Gasteiger partial charge in [0.15, 0.2) is 5.96 Å². The fourth-order valence-corrected chi connectivity index (χ4v) is 4.18. The number of aliphatic imine (C=N–C) groups is 1. The number of rotatable bonds is 6. The van der Waals surface area contributed by atoms with E-state index in [0.717, 1.165) is 38.4 Å². The monoisotopic (exact) mass is 542 g/mol. The van der Waals surface area contributed by atoms with Crippen molar-refractivity contribution in [3.05, 3.63) is 52.9 Å². The number of guanidine groups is 1. The molecule has 166 valence electrons. The van der Waals surface area contributed by atoms with Crippen LogP contribution in [0.3, 0.4) is 0 Å². The maximum absolute atomic E-state index is 5.89. The first-order valence-corrected chi connectivity index (χ1v) is 11.3. The molecule has 30 heavy (non-hydrogen) atoms. The summed E-state index contributed by atoms with van der Waals surface area (Å²) in [6.07, 6.45) is 2.25. The second-order valence-corrected chi connectivity index (χ2v) is 9.43. The van der Waals surface area contributed by atoms with Crippen molar-refractivity contribution in [2.45, 2.75) is 58.4 Å². The first-order valence-electron chi connectivity index (χ1n) is 10.4. The van der Waals surface area contributed by atoms with E-state index in [9.17, 15) is 0 Å². The summed E-state index contributed by atoms with van der Waals surface area (Å²) in [5, 5.41) is 10.6. The second kappa shape index (κ2) is 11.9. The van der Waals surface area contributed by atoms with Gasteiger partial charge in [0.05, 0.1) is 17.2 Å². The number of anilines is 1. The molecule has 1 aliphatic rings. The zero-order chi connectivity index (χ0) is 20.7. The Kier molecular flexibility index (Phi) is 9.90. The lowest BCUT2D eigenvalue weighted by Gasteiger charge is -2.33. The molecule has 0 aliphatic carbocycles. The van der Waals surface area contributed by atoms with Crippen LogP contribution in [0.5, 0.6) is 0 Å². The number of ether oxygens (including phenoxy) is 1. The molecule has 2 heterocycles. The van der Waals surface area contributed by atoms with E-state index in [2.05, 4.69) is 83.1 Å². The summed E-state index contributed by atoms with van der Waals surface area (Å²) in [6.45, 7) is 9.80. The maximum atomic E-state index is 5.89. The Morgan fingerprint density at radius 1 is 1.17 bits per heavy atom. The Morgan fingerprint density at radius 2 is 1.90 bits per heavy atom. The van der Waals surface area contributed by atoms with Gasteiger partial charge in [-0.05, 0) is 62.3 Å². The lowest BCUT2D eigenvalue weighted by molar-refractivity contribution is -0.0149. The number of nitrogens with zero attached hydrogens (tertiary/aromatic N) is 2. The Hall–Kier alpha value is -1.32. The van der Waals surface area contributed by atoms with Crippen LogP contribution in [0.4, 0.5) is 5.00 Å². The van der Waals surface area contributed by atoms with Crippen molar-refractivity contribution in [1.82, 2.24) is 10.6 Å². The smallest absolute Gasteiger partial charge is 0.191 e. The van der Waals surface area contributed by atoms with Crippen molar-refractivity contribution in [3.63, 3.8) is 0 Å². The largest absolute Gasteiger partial charge is 0.371 e. The Balaban J connectivity index is 0.00000320. The molecule has 1 aromatic heterocycles. The van der Waals surface area contributed by atoms with Crippen LogP contribution in [-0.2, 0) is 17.9 Å². The molecular weight excluding hydrogens is 507 g/mol.